The molecule has 0 bridgehead atoms. The van der Waals surface area contributed by atoms with Gasteiger partial charge in [0.2, 0.25) is 0 Å². The lowest BCUT2D eigenvalue weighted by Crippen LogP contribution is -2.27. The molecule has 158 valence electrons. The molecule has 1 fully saturated rings. The molecule has 2 amide bonds. The number of benzene rings is 2. The third-order valence-corrected chi connectivity index (χ3v) is 6.57. The van der Waals surface area contributed by atoms with Gasteiger partial charge in [-0.25, -0.2) is 4.90 Å². The minimum absolute atomic E-state index is 0.334. The smallest absolute Gasteiger partial charge is 0.298 e. The van der Waals surface area contributed by atoms with Gasteiger partial charge in [0, 0.05) is 33.7 Å². The molecule has 2 aromatic carbocycles. The third-order valence-electron chi connectivity index (χ3n) is 5.46. The Morgan fingerprint density at radius 1 is 0.969 bits per heavy atom. The average molecular weight is 460 g/mol. The normalized spacial score (nSPS) is 15.3. The van der Waals surface area contributed by atoms with Crippen LogP contribution in [0.4, 0.5) is 10.5 Å². The van der Waals surface area contributed by atoms with E-state index in [0.717, 1.165) is 50.2 Å². The number of fused-ring (bicyclic) bond motifs is 1. The van der Waals surface area contributed by atoms with E-state index < -0.39 is 0 Å². The molecular weight excluding hydrogens is 442 g/mol. The lowest BCUT2D eigenvalue weighted by atomic mass is 10.2. The molecule has 0 unspecified atom stereocenters. The minimum Gasteiger partial charge on any atom is -0.318 e. The number of thioether (sulfide) groups is 1. The average Bonchev–Trinajstić information content (AvgIpc) is 3.21. The highest BCUT2D eigenvalue weighted by Gasteiger charge is 2.36. The molecule has 0 aliphatic carbocycles. The summed E-state index contributed by atoms with van der Waals surface area (Å²) in [4.78, 5) is 31.5. The maximum absolute atomic E-state index is 13.0. The van der Waals surface area contributed by atoms with E-state index in [1.54, 1.807) is 36.5 Å². The first-order chi connectivity index (χ1) is 15.4. The van der Waals surface area contributed by atoms with Crippen molar-refractivity contribution >= 4 is 57.2 Å². The van der Waals surface area contributed by atoms with E-state index >= 15 is 0 Å². The SMILES string of the molecule is Cc1cc(/C=C2/SC(=O)N(c3cccc(Cl)c3)C2=O)c(C)n1-c1ccc2ncccc2c1. The Balaban J connectivity index is 1.52. The first-order valence-electron chi connectivity index (χ1n) is 10.00. The molecule has 0 atom stereocenters. The Bertz CT molecular complexity index is 1440. The van der Waals surface area contributed by atoms with Gasteiger partial charge in [-0.1, -0.05) is 23.7 Å². The summed E-state index contributed by atoms with van der Waals surface area (Å²) in [7, 11) is 0. The van der Waals surface area contributed by atoms with Gasteiger partial charge < -0.3 is 4.57 Å². The fourth-order valence-electron chi connectivity index (χ4n) is 3.98. The molecule has 1 saturated heterocycles. The van der Waals surface area contributed by atoms with Gasteiger partial charge in [-0.2, -0.15) is 0 Å². The summed E-state index contributed by atoms with van der Waals surface area (Å²) in [6.45, 7) is 4.03. The lowest BCUT2D eigenvalue weighted by molar-refractivity contribution is -0.113. The molecule has 3 heterocycles. The van der Waals surface area contributed by atoms with Gasteiger partial charge >= 0.3 is 0 Å². The number of imide groups is 1. The van der Waals surface area contributed by atoms with Gasteiger partial charge in [0.25, 0.3) is 11.1 Å². The zero-order valence-electron chi connectivity index (χ0n) is 17.4. The van der Waals surface area contributed by atoms with Crippen molar-refractivity contribution in [3.63, 3.8) is 0 Å². The lowest BCUT2D eigenvalue weighted by Gasteiger charge is -2.12. The van der Waals surface area contributed by atoms with E-state index in [1.165, 1.54) is 0 Å². The molecular formula is C25H18ClN3O2S. The number of anilines is 1. The number of rotatable bonds is 3. The van der Waals surface area contributed by atoms with Gasteiger partial charge in [-0.3, -0.25) is 14.6 Å². The molecule has 1 aliphatic heterocycles. The third kappa shape index (κ3) is 3.51. The Hall–Kier alpha value is -3.35. The van der Waals surface area contributed by atoms with Crippen LogP contribution in [-0.4, -0.2) is 20.7 Å². The largest absolute Gasteiger partial charge is 0.318 e. The summed E-state index contributed by atoms with van der Waals surface area (Å²) in [6, 6.07) is 18.8. The van der Waals surface area contributed by atoms with Crippen LogP contribution in [0.25, 0.3) is 22.7 Å². The number of amides is 2. The van der Waals surface area contributed by atoms with Crippen LogP contribution < -0.4 is 4.90 Å². The van der Waals surface area contributed by atoms with E-state index in [1.807, 2.05) is 44.2 Å². The quantitative estimate of drug-likeness (QED) is 0.326. The number of nitrogens with zero attached hydrogens (tertiary/aromatic N) is 3. The van der Waals surface area contributed by atoms with Crippen molar-refractivity contribution in [2.45, 2.75) is 13.8 Å². The van der Waals surface area contributed by atoms with Crippen LogP contribution in [0.1, 0.15) is 17.0 Å². The number of aryl methyl sites for hydroxylation is 1. The van der Waals surface area contributed by atoms with Crippen LogP contribution in [0, 0.1) is 13.8 Å². The van der Waals surface area contributed by atoms with Gasteiger partial charge in [0.1, 0.15) is 0 Å². The minimum atomic E-state index is -0.344. The van der Waals surface area contributed by atoms with E-state index in [0.29, 0.717) is 15.6 Å². The fraction of sp³-hybridized carbons (Fsp3) is 0.0800. The van der Waals surface area contributed by atoms with E-state index in [4.69, 9.17) is 11.6 Å². The highest BCUT2D eigenvalue weighted by Crippen LogP contribution is 2.37. The summed E-state index contributed by atoms with van der Waals surface area (Å²) in [5, 5.41) is 1.20. The van der Waals surface area contributed by atoms with Crippen molar-refractivity contribution in [3.8, 4) is 5.69 Å². The fourth-order valence-corrected chi connectivity index (χ4v) is 5.00. The number of carbonyl (C=O) groups is 2. The second-order valence-corrected chi connectivity index (χ2v) is 8.97. The summed E-state index contributed by atoms with van der Waals surface area (Å²) < 4.78 is 2.14. The van der Waals surface area contributed by atoms with Crippen LogP contribution in [0.3, 0.4) is 0 Å². The monoisotopic (exact) mass is 459 g/mol. The molecule has 0 N–H and O–H groups in total. The van der Waals surface area contributed by atoms with Gasteiger partial charge in [-0.15, -0.1) is 0 Å². The molecule has 0 saturated carbocycles. The Labute approximate surface area is 194 Å². The standard InChI is InChI=1S/C25H18ClN3O2S/c1-15-11-18(16(2)28(15)21-8-9-22-17(12-21)5-4-10-27-22)13-23-24(30)29(25(31)32-23)20-7-3-6-19(26)14-20/h3-14H,1-2H3/b23-13+. The van der Waals surface area contributed by atoms with Crippen molar-refractivity contribution in [2.75, 3.05) is 4.90 Å². The van der Waals surface area contributed by atoms with Crippen LogP contribution in [0.5, 0.6) is 0 Å². The van der Waals surface area contributed by atoms with E-state index in [-0.39, 0.29) is 11.1 Å². The molecule has 0 radical (unpaired) electrons. The topological polar surface area (TPSA) is 55.2 Å². The van der Waals surface area contributed by atoms with Crippen molar-refractivity contribution < 1.29 is 9.59 Å². The van der Waals surface area contributed by atoms with Crippen molar-refractivity contribution in [2.24, 2.45) is 0 Å². The number of halogens is 1. The van der Waals surface area contributed by atoms with Crippen LogP contribution in [-0.2, 0) is 4.79 Å². The van der Waals surface area contributed by atoms with E-state index in [2.05, 4.69) is 15.6 Å². The highest BCUT2D eigenvalue weighted by molar-refractivity contribution is 8.19. The Morgan fingerprint density at radius 2 is 1.81 bits per heavy atom. The van der Waals surface area contributed by atoms with Gasteiger partial charge in [0.05, 0.1) is 16.1 Å². The van der Waals surface area contributed by atoms with Crippen LogP contribution in [0.2, 0.25) is 5.02 Å². The molecule has 5 rings (SSSR count). The zero-order chi connectivity index (χ0) is 22.4. The summed E-state index contributed by atoms with van der Waals surface area (Å²) in [5.41, 5.74) is 5.34. The predicted molar refractivity (Wildman–Crippen MR) is 130 cm³/mol. The molecule has 0 spiro atoms. The molecule has 5 nitrogen and oxygen atoms in total. The first kappa shape index (κ1) is 20.5. The second kappa shape index (κ2) is 7.97. The van der Waals surface area contributed by atoms with Gasteiger partial charge in [-0.05, 0) is 85.8 Å². The highest BCUT2D eigenvalue weighted by atomic mass is 35.5. The van der Waals surface area contributed by atoms with Crippen molar-refractivity contribution in [1.82, 2.24) is 9.55 Å². The van der Waals surface area contributed by atoms with Crippen LogP contribution in [0.15, 0.2) is 71.8 Å². The van der Waals surface area contributed by atoms with Crippen molar-refractivity contribution in [3.05, 3.63) is 93.7 Å². The summed E-state index contributed by atoms with van der Waals surface area (Å²) in [6.07, 6.45) is 3.57. The molecule has 1 aliphatic rings. The molecule has 2 aromatic heterocycles. The van der Waals surface area contributed by atoms with E-state index in [9.17, 15) is 9.59 Å². The number of hydrogen-bond acceptors (Lipinski definition) is 4. The van der Waals surface area contributed by atoms with Crippen LogP contribution >= 0.6 is 23.4 Å². The first-order valence-corrected chi connectivity index (χ1v) is 11.2. The molecule has 4 aromatic rings. The second-order valence-electron chi connectivity index (χ2n) is 7.54. The zero-order valence-corrected chi connectivity index (χ0v) is 18.9. The predicted octanol–water partition coefficient (Wildman–Crippen LogP) is 6.54. The number of pyridine rings is 1. The molecule has 7 heteroatoms. The Kier molecular flexibility index (Phi) is 5.12. The van der Waals surface area contributed by atoms with Crippen molar-refractivity contribution in [1.29, 1.82) is 0 Å². The Morgan fingerprint density at radius 3 is 2.62 bits per heavy atom. The number of aromatic nitrogens is 2. The summed E-state index contributed by atoms with van der Waals surface area (Å²) in [5.74, 6) is -0.344. The van der Waals surface area contributed by atoms with Gasteiger partial charge in [0.15, 0.2) is 0 Å². The number of carbonyl (C=O) groups excluding carboxylic acids is 2. The summed E-state index contributed by atoms with van der Waals surface area (Å²) >= 11 is 6.98. The molecule has 32 heavy (non-hydrogen) atoms. The maximum atomic E-state index is 13.0. The number of hydrogen-bond donors (Lipinski definition) is 0. The maximum Gasteiger partial charge on any atom is 0.298 e.